The second-order valence-corrected chi connectivity index (χ2v) is 6.50. The molecule has 0 spiro atoms. The highest BCUT2D eigenvalue weighted by Crippen LogP contribution is 2.33. The molecular weight excluding hydrogens is 347 g/mol. The summed E-state index contributed by atoms with van der Waals surface area (Å²) < 4.78 is 39.6. The van der Waals surface area contributed by atoms with Crippen molar-refractivity contribution >= 4 is 11.7 Å². The Balaban J connectivity index is 1.62. The number of hydrogen-bond acceptors (Lipinski definition) is 5. The summed E-state index contributed by atoms with van der Waals surface area (Å²) in [5.41, 5.74) is -0.789. The number of likely N-dealkylation sites (tertiary alicyclic amines) is 1. The van der Waals surface area contributed by atoms with E-state index in [0.717, 1.165) is 18.9 Å². The fourth-order valence-corrected chi connectivity index (χ4v) is 3.05. The Bertz CT molecular complexity index is 823. The topological polar surface area (TPSA) is 71.0 Å². The fraction of sp³-hybridized carbons (Fsp3) is 0.412. The lowest BCUT2D eigenvalue weighted by atomic mass is 10.2. The molecule has 136 valence electrons. The van der Waals surface area contributed by atoms with E-state index in [4.69, 9.17) is 0 Å². The lowest BCUT2D eigenvalue weighted by molar-refractivity contribution is -0.141. The van der Waals surface area contributed by atoms with Gasteiger partial charge in [-0.15, -0.1) is 0 Å². The quantitative estimate of drug-likeness (QED) is 0.904. The van der Waals surface area contributed by atoms with E-state index >= 15 is 0 Å². The first-order valence-electron chi connectivity index (χ1n) is 8.34. The van der Waals surface area contributed by atoms with Gasteiger partial charge in [0.25, 0.3) is 0 Å². The zero-order chi connectivity index (χ0) is 18.3. The lowest BCUT2D eigenvalue weighted by Gasteiger charge is -2.17. The zero-order valence-corrected chi connectivity index (χ0v) is 13.7. The van der Waals surface area contributed by atoms with Crippen molar-refractivity contribution in [2.45, 2.75) is 37.5 Å². The minimum atomic E-state index is -4.60. The lowest BCUT2D eigenvalue weighted by Crippen LogP contribution is -2.30. The maximum absolute atomic E-state index is 13.2. The van der Waals surface area contributed by atoms with E-state index in [0.29, 0.717) is 6.54 Å². The number of nitrogens with one attached hydrogen (secondary N) is 1. The first kappa shape index (κ1) is 16.7. The van der Waals surface area contributed by atoms with Crippen LogP contribution in [0.5, 0.6) is 0 Å². The number of hydrogen-bond donors (Lipinski definition) is 1. The Kier molecular flexibility index (Phi) is 4.01. The van der Waals surface area contributed by atoms with Gasteiger partial charge in [-0.1, -0.05) is 6.07 Å². The summed E-state index contributed by atoms with van der Waals surface area (Å²) in [6.07, 6.45) is -0.896. The maximum atomic E-state index is 13.2. The minimum absolute atomic E-state index is 0.0278. The van der Waals surface area contributed by atoms with Crippen molar-refractivity contribution in [3.63, 3.8) is 0 Å². The smallest absolute Gasteiger partial charge is 0.365 e. The van der Waals surface area contributed by atoms with E-state index in [1.54, 1.807) is 23.1 Å². The number of nitrogens with zero attached hydrogens (tertiary/aromatic N) is 4. The zero-order valence-electron chi connectivity index (χ0n) is 13.7. The molecule has 1 saturated heterocycles. The van der Waals surface area contributed by atoms with Gasteiger partial charge in [-0.25, -0.2) is 9.97 Å². The molecule has 9 heteroatoms. The van der Waals surface area contributed by atoms with Gasteiger partial charge < -0.3 is 10.2 Å². The van der Waals surface area contributed by atoms with Crippen molar-refractivity contribution in [1.82, 2.24) is 19.9 Å². The number of carbonyl (C=O) groups excluding carboxylic acids is 1. The van der Waals surface area contributed by atoms with Crippen LogP contribution in [0.25, 0.3) is 11.5 Å². The molecule has 0 bridgehead atoms. The third-order valence-corrected chi connectivity index (χ3v) is 4.41. The van der Waals surface area contributed by atoms with Crippen LogP contribution in [-0.4, -0.2) is 44.4 Å². The highest BCUT2D eigenvalue weighted by atomic mass is 19.4. The van der Waals surface area contributed by atoms with Gasteiger partial charge in [0.1, 0.15) is 11.5 Å². The third kappa shape index (κ3) is 3.47. The van der Waals surface area contributed by atoms with Gasteiger partial charge in [-0.3, -0.25) is 9.78 Å². The summed E-state index contributed by atoms with van der Waals surface area (Å²) in [6, 6.07) is 5.75. The molecule has 0 aromatic carbocycles. The van der Waals surface area contributed by atoms with E-state index in [1.165, 1.54) is 6.20 Å². The molecular formula is C17H16F3N5O. The molecule has 26 heavy (non-hydrogen) atoms. The number of carbonyl (C=O) groups is 1. The van der Waals surface area contributed by atoms with E-state index in [9.17, 15) is 18.0 Å². The van der Waals surface area contributed by atoms with Crippen LogP contribution in [0.1, 0.15) is 25.0 Å². The Morgan fingerprint density at radius 2 is 2.00 bits per heavy atom. The average molecular weight is 363 g/mol. The number of aromatic nitrogens is 3. The van der Waals surface area contributed by atoms with Crippen LogP contribution in [0, 0.1) is 0 Å². The molecule has 1 saturated carbocycles. The monoisotopic (exact) mass is 363 g/mol. The van der Waals surface area contributed by atoms with Crippen LogP contribution in [0.4, 0.5) is 19.0 Å². The average Bonchev–Trinajstić information content (AvgIpc) is 3.38. The summed E-state index contributed by atoms with van der Waals surface area (Å²) >= 11 is 0. The molecule has 6 nitrogen and oxygen atoms in total. The van der Waals surface area contributed by atoms with Crippen LogP contribution >= 0.6 is 0 Å². The van der Waals surface area contributed by atoms with Gasteiger partial charge in [0.15, 0.2) is 11.5 Å². The molecule has 1 unspecified atom stereocenters. The number of amides is 1. The summed E-state index contributed by atoms with van der Waals surface area (Å²) in [5, 5.41) is 2.97. The number of rotatable bonds is 4. The van der Waals surface area contributed by atoms with Crippen LogP contribution in [-0.2, 0) is 11.0 Å². The van der Waals surface area contributed by atoms with E-state index in [2.05, 4.69) is 20.3 Å². The molecule has 4 rings (SSSR count). The number of alkyl halides is 3. The van der Waals surface area contributed by atoms with Gasteiger partial charge in [-0.2, -0.15) is 13.2 Å². The van der Waals surface area contributed by atoms with Gasteiger partial charge in [0.05, 0.1) is 6.04 Å². The molecule has 1 atom stereocenters. The molecule has 2 aliphatic rings. The van der Waals surface area contributed by atoms with E-state index in [-0.39, 0.29) is 41.7 Å². The number of halogens is 3. The van der Waals surface area contributed by atoms with Gasteiger partial charge in [0, 0.05) is 31.3 Å². The molecule has 1 aliphatic heterocycles. The summed E-state index contributed by atoms with van der Waals surface area (Å²) in [4.78, 5) is 25.6. The first-order valence-corrected chi connectivity index (χ1v) is 8.34. The first-order chi connectivity index (χ1) is 12.4. The highest BCUT2D eigenvalue weighted by Gasteiger charge is 2.40. The molecule has 2 fully saturated rings. The van der Waals surface area contributed by atoms with Crippen molar-refractivity contribution < 1.29 is 18.0 Å². The predicted molar refractivity (Wildman–Crippen MR) is 87.0 cm³/mol. The number of pyridine rings is 1. The third-order valence-electron chi connectivity index (χ3n) is 4.41. The summed E-state index contributed by atoms with van der Waals surface area (Å²) in [6.45, 7) is 0.480. The largest absolute Gasteiger partial charge is 0.433 e. The molecule has 3 heterocycles. The summed E-state index contributed by atoms with van der Waals surface area (Å²) in [7, 11) is 0. The minimum Gasteiger partial charge on any atom is -0.365 e. The van der Waals surface area contributed by atoms with Crippen LogP contribution in [0.3, 0.4) is 0 Å². The summed E-state index contributed by atoms with van der Waals surface area (Å²) in [5.74, 6) is -0.0326. The van der Waals surface area contributed by atoms with Crippen molar-refractivity contribution in [2.75, 3.05) is 11.9 Å². The van der Waals surface area contributed by atoms with E-state index < -0.39 is 11.9 Å². The van der Waals surface area contributed by atoms with Crippen molar-refractivity contribution in [2.24, 2.45) is 0 Å². The van der Waals surface area contributed by atoms with Crippen molar-refractivity contribution in [1.29, 1.82) is 0 Å². The maximum Gasteiger partial charge on any atom is 0.433 e. The second-order valence-electron chi connectivity index (χ2n) is 6.50. The SMILES string of the molecule is O=C1CC(Nc2cc(C(F)(F)F)nc(-c3ccccn3)n2)CN1C1CC1. The van der Waals surface area contributed by atoms with Crippen molar-refractivity contribution in [3.8, 4) is 11.5 Å². The fourth-order valence-electron chi connectivity index (χ4n) is 3.05. The van der Waals surface area contributed by atoms with Crippen LogP contribution < -0.4 is 5.32 Å². The molecule has 1 amide bonds. The van der Waals surface area contributed by atoms with E-state index in [1.807, 2.05) is 0 Å². The Morgan fingerprint density at radius 1 is 1.19 bits per heavy atom. The standard InChI is InChI=1S/C17H16F3N5O/c18-17(19,20)13-8-14(24-16(23-13)12-3-1-2-6-21-12)22-10-7-15(26)25(9-10)11-4-5-11/h1-3,6,8,10-11H,4-5,7,9H2,(H,22,23,24). The van der Waals surface area contributed by atoms with Crippen LogP contribution in [0.15, 0.2) is 30.5 Å². The second kappa shape index (κ2) is 6.22. The molecule has 1 aliphatic carbocycles. The Hall–Kier alpha value is -2.71. The number of anilines is 1. The Labute approximate surface area is 147 Å². The molecule has 2 aromatic rings. The molecule has 1 N–H and O–H groups in total. The predicted octanol–water partition coefficient (Wildman–Crippen LogP) is 2.73. The van der Waals surface area contributed by atoms with Gasteiger partial charge in [-0.05, 0) is 25.0 Å². The highest BCUT2D eigenvalue weighted by molar-refractivity contribution is 5.80. The van der Waals surface area contributed by atoms with Crippen molar-refractivity contribution in [3.05, 3.63) is 36.2 Å². The van der Waals surface area contributed by atoms with Gasteiger partial charge >= 0.3 is 6.18 Å². The molecule has 0 radical (unpaired) electrons. The van der Waals surface area contributed by atoms with Crippen LogP contribution in [0.2, 0.25) is 0 Å². The molecule has 2 aromatic heterocycles. The Morgan fingerprint density at radius 3 is 2.65 bits per heavy atom. The normalized spacial score (nSPS) is 20.5. The van der Waals surface area contributed by atoms with Gasteiger partial charge in [0.2, 0.25) is 5.91 Å².